The van der Waals surface area contributed by atoms with Crippen molar-refractivity contribution < 1.29 is 37.8 Å². The minimum atomic E-state index is -3.81. The van der Waals surface area contributed by atoms with Gasteiger partial charge in [-0.1, -0.05) is 69.2 Å². The van der Waals surface area contributed by atoms with Gasteiger partial charge in [-0.2, -0.15) is 0 Å². The van der Waals surface area contributed by atoms with Gasteiger partial charge in [-0.05, 0) is 42.5 Å². The van der Waals surface area contributed by atoms with Crippen LogP contribution in [0.25, 0.3) is 0 Å². The molecular formula is C32H48ClN3O8S. The van der Waals surface area contributed by atoms with E-state index in [1.807, 2.05) is 68.4 Å². The minimum Gasteiger partial charge on any atom is -0.497 e. The van der Waals surface area contributed by atoms with Gasteiger partial charge in [-0.3, -0.25) is 14.4 Å². The predicted molar refractivity (Wildman–Crippen MR) is 176 cm³/mol. The summed E-state index contributed by atoms with van der Waals surface area (Å²) in [5.41, 5.74) is 1.77. The maximum absolute atomic E-state index is 13.7. The molecule has 0 aliphatic carbocycles. The van der Waals surface area contributed by atoms with Gasteiger partial charge in [-0.15, -0.1) is 12.4 Å². The number of ether oxygens (including phenoxy) is 1. The van der Waals surface area contributed by atoms with Crippen molar-refractivity contribution in [1.82, 2.24) is 16.0 Å². The van der Waals surface area contributed by atoms with E-state index in [-0.39, 0.29) is 25.4 Å². The van der Waals surface area contributed by atoms with E-state index in [9.17, 15) is 27.9 Å². The van der Waals surface area contributed by atoms with Crippen LogP contribution in [-0.2, 0) is 37.2 Å². The molecule has 2 aromatic carbocycles. The number of benzene rings is 2. The summed E-state index contributed by atoms with van der Waals surface area (Å²) in [5, 5.41) is 27.9. The van der Waals surface area contributed by atoms with Crippen LogP contribution in [0, 0.1) is 0 Å². The smallest absolute Gasteiger partial charge is 0.303 e. The van der Waals surface area contributed by atoms with E-state index < -0.39 is 69.7 Å². The Morgan fingerprint density at radius 1 is 0.911 bits per heavy atom. The zero-order valence-corrected chi connectivity index (χ0v) is 27.9. The summed E-state index contributed by atoms with van der Waals surface area (Å²) in [7, 11) is -2.23. The molecule has 1 unspecified atom stereocenters. The van der Waals surface area contributed by atoms with E-state index >= 15 is 0 Å². The molecule has 5 N–H and O–H groups in total. The molecule has 13 heteroatoms. The summed E-state index contributed by atoms with van der Waals surface area (Å²) in [5.74, 6) is -2.63. The molecule has 0 aromatic heterocycles. The second-order valence-corrected chi connectivity index (χ2v) is 13.2. The summed E-state index contributed by atoms with van der Waals surface area (Å²) in [6.45, 7) is 4.30. The number of carboxylic acid groups (broad SMARTS) is 1. The zero-order chi connectivity index (χ0) is 32.5. The lowest BCUT2D eigenvalue weighted by Crippen LogP contribution is -2.57. The average Bonchev–Trinajstić information content (AvgIpc) is 2.99. The summed E-state index contributed by atoms with van der Waals surface area (Å²) >= 11 is 0. The molecule has 0 heterocycles. The number of aliphatic hydroxyl groups excluding tert-OH is 1. The van der Waals surface area contributed by atoms with Crippen LogP contribution < -0.4 is 20.7 Å². The van der Waals surface area contributed by atoms with Crippen LogP contribution in [0.3, 0.4) is 0 Å². The van der Waals surface area contributed by atoms with Crippen LogP contribution in [0.5, 0.6) is 5.75 Å². The fourth-order valence-electron chi connectivity index (χ4n) is 4.91. The van der Waals surface area contributed by atoms with Crippen LogP contribution in [-0.4, -0.2) is 79.3 Å². The average molecular weight is 670 g/mol. The van der Waals surface area contributed by atoms with Crippen LogP contribution in [0.2, 0.25) is 0 Å². The normalized spacial score (nSPS) is 13.3. The first-order chi connectivity index (χ1) is 21.0. The van der Waals surface area contributed by atoms with Crippen molar-refractivity contribution in [1.29, 1.82) is 0 Å². The Balaban J connectivity index is 0.0000101. The van der Waals surface area contributed by atoms with Crippen molar-refractivity contribution in [2.75, 3.05) is 19.4 Å². The van der Waals surface area contributed by atoms with Crippen molar-refractivity contribution in [3.8, 4) is 5.75 Å². The number of hydrogen-bond acceptors (Lipinski definition) is 8. The topological polar surface area (TPSA) is 171 Å². The molecule has 45 heavy (non-hydrogen) atoms. The van der Waals surface area contributed by atoms with Crippen LogP contribution in [0.15, 0.2) is 54.6 Å². The molecule has 0 spiro atoms. The van der Waals surface area contributed by atoms with E-state index in [1.165, 1.54) is 0 Å². The van der Waals surface area contributed by atoms with Crippen molar-refractivity contribution in [2.45, 2.75) is 88.8 Å². The number of amides is 2. The second-order valence-electron chi connectivity index (χ2n) is 10.9. The minimum absolute atomic E-state index is 0. The SMILES string of the molecule is CCCC(CCC)S(=O)(=O)CC(NC(=O)CCC(=O)O)C(=O)N[C@@H](Cc1ccccc1)[C@H](O)CNCc1cccc(OC)c1.Cl. The Morgan fingerprint density at radius 2 is 1.56 bits per heavy atom. The van der Waals surface area contributed by atoms with E-state index in [1.54, 1.807) is 7.11 Å². The molecule has 0 radical (unpaired) electrons. The van der Waals surface area contributed by atoms with Gasteiger partial charge < -0.3 is 30.9 Å². The molecule has 0 saturated heterocycles. The number of aliphatic hydroxyl groups is 1. The predicted octanol–water partition coefficient (Wildman–Crippen LogP) is 3.03. The number of nitrogens with one attached hydrogen (secondary N) is 3. The van der Waals surface area contributed by atoms with E-state index in [0.29, 0.717) is 38.0 Å². The van der Waals surface area contributed by atoms with Gasteiger partial charge in [0, 0.05) is 19.5 Å². The number of carbonyl (C=O) groups excluding carboxylic acids is 2. The highest BCUT2D eigenvalue weighted by Crippen LogP contribution is 2.18. The zero-order valence-electron chi connectivity index (χ0n) is 26.2. The first-order valence-electron chi connectivity index (χ1n) is 15.1. The molecule has 0 bridgehead atoms. The molecule has 2 rings (SSSR count). The van der Waals surface area contributed by atoms with Gasteiger partial charge >= 0.3 is 5.97 Å². The molecular weight excluding hydrogens is 622 g/mol. The third-order valence-corrected chi connectivity index (χ3v) is 9.54. The number of carbonyl (C=O) groups is 3. The fourth-order valence-corrected chi connectivity index (χ4v) is 7.07. The molecule has 0 aliphatic heterocycles. The molecule has 0 fully saturated rings. The number of hydrogen-bond donors (Lipinski definition) is 5. The highest BCUT2D eigenvalue weighted by Gasteiger charge is 2.34. The summed E-state index contributed by atoms with van der Waals surface area (Å²) in [4.78, 5) is 37.2. The van der Waals surface area contributed by atoms with Crippen molar-refractivity contribution in [2.24, 2.45) is 0 Å². The third-order valence-electron chi connectivity index (χ3n) is 7.25. The molecule has 11 nitrogen and oxygen atoms in total. The molecule has 3 atom stereocenters. The van der Waals surface area contributed by atoms with Crippen molar-refractivity contribution in [3.05, 3.63) is 65.7 Å². The maximum Gasteiger partial charge on any atom is 0.303 e. The molecule has 2 amide bonds. The number of methoxy groups -OCH3 is 1. The Bertz CT molecular complexity index is 1290. The summed E-state index contributed by atoms with van der Waals surface area (Å²) in [6.07, 6.45) is 0.427. The highest BCUT2D eigenvalue weighted by atomic mass is 35.5. The highest BCUT2D eigenvalue weighted by molar-refractivity contribution is 7.92. The number of halogens is 1. The first-order valence-corrected chi connectivity index (χ1v) is 16.8. The molecule has 2 aromatic rings. The van der Waals surface area contributed by atoms with Gasteiger partial charge in [0.15, 0.2) is 9.84 Å². The van der Waals surface area contributed by atoms with E-state index in [0.717, 1.165) is 11.1 Å². The third kappa shape index (κ3) is 14.6. The van der Waals surface area contributed by atoms with Gasteiger partial charge in [0.2, 0.25) is 11.8 Å². The molecule has 252 valence electrons. The summed E-state index contributed by atoms with van der Waals surface area (Å²) in [6, 6.07) is 14.4. The Kier molecular flexibility index (Phi) is 18.4. The summed E-state index contributed by atoms with van der Waals surface area (Å²) < 4.78 is 32.1. The van der Waals surface area contributed by atoms with E-state index in [4.69, 9.17) is 9.84 Å². The molecule has 0 saturated carbocycles. The maximum atomic E-state index is 13.7. The van der Waals surface area contributed by atoms with Gasteiger partial charge in [-0.25, -0.2) is 8.42 Å². The Hall–Kier alpha value is -3.19. The fraction of sp³-hybridized carbons (Fsp3) is 0.531. The number of aliphatic carboxylic acids is 1. The van der Waals surface area contributed by atoms with E-state index in [2.05, 4.69) is 16.0 Å². The standard InChI is InChI=1S/C32H47N3O8S.ClH/c1-4-10-26(11-5-2)44(41,42)22-28(34-30(37)16-17-31(38)39)32(40)35-27(19-23-12-7-6-8-13-23)29(36)21-33-20-24-14-9-15-25(18-24)43-3;/h6-9,12-15,18,26-29,33,36H,4-5,10-11,16-17,19-22H2,1-3H3,(H,34,37)(H,35,40)(H,38,39);1H/t27-,28?,29+;/m0./s1. The first kappa shape index (κ1) is 39.8. The monoisotopic (exact) mass is 669 g/mol. The number of sulfone groups is 1. The van der Waals surface area contributed by atoms with Crippen LogP contribution in [0.4, 0.5) is 0 Å². The lowest BCUT2D eigenvalue weighted by atomic mass is 10.0. The van der Waals surface area contributed by atoms with Crippen LogP contribution in [0.1, 0.15) is 63.5 Å². The number of rotatable bonds is 21. The second kappa shape index (κ2) is 20.8. The largest absolute Gasteiger partial charge is 0.497 e. The van der Waals surface area contributed by atoms with Crippen molar-refractivity contribution >= 4 is 40.0 Å². The quantitative estimate of drug-likeness (QED) is 0.134. The van der Waals surface area contributed by atoms with Gasteiger partial charge in [0.1, 0.15) is 11.8 Å². The lowest BCUT2D eigenvalue weighted by Gasteiger charge is -2.28. The lowest BCUT2D eigenvalue weighted by molar-refractivity contribution is -0.139. The van der Waals surface area contributed by atoms with Crippen LogP contribution >= 0.6 is 12.4 Å². The Morgan fingerprint density at radius 3 is 2.16 bits per heavy atom. The Labute approximate surface area is 272 Å². The number of carboxylic acids is 1. The van der Waals surface area contributed by atoms with Crippen molar-refractivity contribution in [3.63, 3.8) is 0 Å². The van der Waals surface area contributed by atoms with Gasteiger partial charge in [0.05, 0.1) is 36.7 Å². The molecule has 0 aliphatic rings. The van der Waals surface area contributed by atoms with Gasteiger partial charge in [0.25, 0.3) is 0 Å².